The van der Waals surface area contributed by atoms with E-state index in [9.17, 15) is 0 Å². The summed E-state index contributed by atoms with van der Waals surface area (Å²) >= 11 is 0. The van der Waals surface area contributed by atoms with Crippen molar-refractivity contribution in [1.29, 1.82) is 5.41 Å². The lowest BCUT2D eigenvalue weighted by Gasteiger charge is -2.12. The van der Waals surface area contributed by atoms with Crippen molar-refractivity contribution in [3.05, 3.63) is 23.8 Å². The second-order valence-electron chi connectivity index (χ2n) is 4.02. The van der Waals surface area contributed by atoms with E-state index in [1.165, 1.54) is 11.8 Å². The summed E-state index contributed by atoms with van der Waals surface area (Å²) in [7, 11) is 0. The molecule has 0 aromatic carbocycles. The number of hydrogen-bond acceptors (Lipinski definition) is 1. The molecule has 0 saturated carbocycles. The molecule has 0 heterocycles. The smallest absolute Gasteiger partial charge is 0.00446 e. The molecule has 0 saturated heterocycles. The van der Waals surface area contributed by atoms with Gasteiger partial charge in [-0.1, -0.05) is 44.6 Å². The highest BCUT2D eigenvalue weighted by Crippen LogP contribution is 2.18. The van der Waals surface area contributed by atoms with Gasteiger partial charge in [0.25, 0.3) is 0 Å². The van der Waals surface area contributed by atoms with Crippen LogP contribution in [0.2, 0.25) is 0 Å². The molecule has 0 amide bonds. The first-order chi connectivity index (χ1) is 6.61. The van der Waals surface area contributed by atoms with Gasteiger partial charge in [-0.05, 0) is 37.8 Å². The number of nitrogens with one attached hydrogen (secondary N) is 1. The molecular weight excluding hydrogens is 170 g/mol. The maximum absolute atomic E-state index is 7.03. The van der Waals surface area contributed by atoms with Gasteiger partial charge in [0, 0.05) is 0 Å². The molecule has 0 rings (SSSR count). The third kappa shape index (κ3) is 5.74. The highest BCUT2D eigenvalue weighted by atomic mass is 14.3. The van der Waals surface area contributed by atoms with E-state index in [1.807, 2.05) is 0 Å². The summed E-state index contributed by atoms with van der Waals surface area (Å²) in [5.74, 6) is 1.12. The Morgan fingerprint density at radius 1 is 1.29 bits per heavy atom. The summed E-state index contributed by atoms with van der Waals surface area (Å²) in [5, 5.41) is 7.03. The zero-order valence-electron chi connectivity index (χ0n) is 9.88. The van der Waals surface area contributed by atoms with Crippen molar-refractivity contribution in [3.63, 3.8) is 0 Å². The van der Waals surface area contributed by atoms with Crippen LogP contribution in [0.1, 0.15) is 40.5 Å². The Labute approximate surface area is 88.4 Å². The van der Waals surface area contributed by atoms with Crippen molar-refractivity contribution < 1.29 is 0 Å². The SMILES string of the molecule is C/C=C\C(C)/C=C(\CCC=N)C(C)C. The van der Waals surface area contributed by atoms with E-state index in [1.54, 1.807) is 0 Å². The Hall–Kier alpha value is -0.850. The lowest BCUT2D eigenvalue weighted by Crippen LogP contribution is -1.97. The van der Waals surface area contributed by atoms with Gasteiger partial charge in [0.15, 0.2) is 0 Å². The minimum atomic E-state index is 0.517. The molecule has 0 radical (unpaired) electrons. The van der Waals surface area contributed by atoms with Crippen LogP contribution in [0.4, 0.5) is 0 Å². The maximum Gasteiger partial charge on any atom is -0.00446 e. The Balaban J connectivity index is 4.37. The quantitative estimate of drug-likeness (QED) is 0.482. The highest BCUT2D eigenvalue weighted by molar-refractivity contribution is 5.53. The fourth-order valence-corrected chi connectivity index (χ4v) is 1.50. The first-order valence-corrected chi connectivity index (χ1v) is 5.44. The van der Waals surface area contributed by atoms with Gasteiger partial charge < -0.3 is 5.41 Å². The Bertz CT molecular complexity index is 211. The molecule has 1 nitrogen and oxygen atoms in total. The summed E-state index contributed by atoms with van der Waals surface area (Å²) in [6.45, 7) is 8.69. The largest absolute Gasteiger partial charge is 0.313 e. The number of allylic oxidation sites excluding steroid dienone is 4. The summed E-state index contributed by atoms with van der Waals surface area (Å²) in [6.07, 6.45) is 10.0. The molecule has 0 aliphatic heterocycles. The van der Waals surface area contributed by atoms with E-state index in [0.717, 1.165) is 12.8 Å². The van der Waals surface area contributed by atoms with E-state index < -0.39 is 0 Å². The van der Waals surface area contributed by atoms with E-state index in [-0.39, 0.29) is 0 Å². The molecule has 0 fully saturated rings. The van der Waals surface area contributed by atoms with E-state index >= 15 is 0 Å². The zero-order valence-corrected chi connectivity index (χ0v) is 9.88. The molecule has 0 aromatic rings. The predicted molar refractivity (Wildman–Crippen MR) is 64.9 cm³/mol. The third-order valence-corrected chi connectivity index (χ3v) is 2.29. The minimum absolute atomic E-state index is 0.517. The molecular formula is C13H23N. The van der Waals surface area contributed by atoms with Crippen molar-refractivity contribution >= 4 is 6.21 Å². The molecule has 1 atom stereocenters. The number of hydrogen-bond donors (Lipinski definition) is 1. The summed E-state index contributed by atoms with van der Waals surface area (Å²) < 4.78 is 0. The molecule has 1 unspecified atom stereocenters. The van der Waals surface area contributed by atoms with Crippen molar-refractivity contribution in [2.45, 2.75) is 40.5 Å². The van der Waals surface area contributed by atoms with E-state index in [2.05, 4.69) is 45.9 Å². The van der Waals surface area contributed by atoms with Crippen LogP contribution in [0.5, 0.6) is 0 Å². The van der Waals surface area contributed by atoms with Crippen molar-refractivity contribution in [1.82, 2.24) is 0 Å². The fourth-order valence-electron chi connectivity index (χ4n) is 1.50. The third-order valence-electron chi connectivity index (χ3n) is 2.29. The Kier molecular flexibility index (Phi) is 7.09. The van der Waals surface area contributed by atoms with Crippen LogP contribution in [0, 0.1) is 17.2 Å². The topological polar surface area (TPSA) is 23.9 Å². The lowest BCUT2D eigenvalue weighted by molar-refractivity contribution is 0.704. The molecule has 80 valence electrons. The number of rotatable bonds is 6. The van der Waals surface area contributed by atoms with Crippen LogP contribution in [0.25, 0.3) is 0 Å². The first-order valence-electron chi connectivity index (χ1n) is 5.44. The molecule has 0 aliphatic rings. The average molecular weight is 193 g/mol. The average Bonchev–Trinajstić information content (AvgIpc) is 2.12. The summed E-state index contributed by atoms with van der Waals surface area (Å²) in [4.78, 5) is 0. The first kappa shape index (κ1) is 13.2. The van der Waals surface area contributed by atoms with Crippen molar-refractivity contribution in [2.75, 3.05) is 0 Å². The second-order valence-corrected chi connectivity index (χ2v) is 4.02. The van der Waals surface area contributed by atoms with E-state index in [0.29, 0.717) is 11.8 Å². The molecule has 14 heavy (non-hydrogen) atoms. The second kappa shape index (κ2) is 7.54. The van der Waals surface area contributed by atoms with Crippen LogP contribution >= 0.6 is 0 Å². The Morgan fingerprint density at radius 3 is 2.36 bits per heavy atom. The molecule has 1 heteroatoms. The lowest BCUT2D eigenvalue weighted by atomic mass is 9.94. The van der Waals surface area contributed by atoms with Gasteiger partial charge in [-0.2, -0.15) is 0 Å². The van der Waals surface area contributed by atoms with Gasteiger partial charge in [-0.3, -0.25) is 0 Å². The van der Waals surface area contributed by atoms with Gasteiger partial charge >= 0.3 is 0 Å². The van der Waals surface area contributed by atoms with Crippen molar-refractivity contribution in [3.8, 4) is 0 Å². The fraction of sp³-hybridized carbons (Fsp3) is 0.615. The highest BCUT2D eigenvalue weighted by Gasteiger charge is 2.03. The van der Waals surface area contributed by atoms with Crippen molar-refractivity contribution in [2.24, 2.45) is 11.8 Å². The normalized spacial score (nSPS) is 15.1. The molecule has 0 bridgehead atoms. The summed E-state index contributed by atoms with van der Waals surface area (Å²) in [5.41, 5.74) is 1.47. The van der Waals surface area contributed by atoms with Gasteiger partial charge in [0.1, 0.15) is 0 Å². The summed E-state index contributed by atoms with van der Waals surface area (Å²) in [6, 6.07) is 0. The monoisotopic (exact) mass is 193 g/mol. The predicted octanol–water partition coefficient (Wildman–Crippen LogP) is 4.21. The molecule has 0 spiro atoms. The van der Waals surface area contributed by atoms with Crippen LogP contribution in [-0.4, -0.2) is 6.21 Å². The van der Waals surface area contributed by atoms with Crippen LogP contribution < -0.4 is 0 Å². The zero-order chi connectivity index (χ0) is 11.0. The maximum atomic E-state index is 7.03. The molecule has 0 aromatic heterocycles. The van der Waals surface area contributed by atoms with Crippen LogP contribution in [0.15, 0.2) is 23.8 Å². The standard InChI is InChI=1S/C13H23N/c1-5-7-12(4)10-13(11(2)3)8-6-9-14/h5,7,9-12,14H,6,8H2,1-4H3/b7-5-,13-10+,14-9?. The molecule has 1 N–H and O–H groups in total. The Morgan fingerprint density at radius 2 is 1.93 bits per heavy atom. The van der Waals surface area contributed by atoms with Gasteiger partial charge in [0.05, 0.1) is 0 Å². The molecule has 0 aliphatic carbocycles. The van der Waals surface area contributed by atoms with Crippen LogP contribution in [-0.2, 0) is 0 Å². The van der Waals surface area contributed by atoms with Gasteiger partial charge in [-0.15, -0.1) is 0 Å². The minimum Gasteiger partial charge on any atom is -0.313 e. The van der Waals surface area contributed by atoms with Crippen LogP contribution in [0.3, 0.4) is 0 Å². The van der Waals surface area contributed by atoms with Gasteiger partial charge in [-0.25, -0.2) is 0 Å². The van der Waals surface area contributed by atoms with E-state index in [4.69, 9.17) is 5.41 Å². The van der Waals surface area contributed by atoms with Gasteiger partial charge in [0.2, 0.25) is 0 Å².